The zero-order valence-corrected chi connectivity index (χ0v) is 14.7. The van der Waals surface area contributed by atoms with Gasteiger partial charge in [0, 0.05) is 13.2 Å². The number of ether oxygens (including phenoxy) is 2. The summed E-state index contributed by atoms with van der Waals surface area (Å²) in [5.74, 6) is 0.436. The lowest BCUT2D eigenvalue weighted by atomic mass is 10.0. The molecule has 0 spiro atoms. The van der Waals surface area contributed by atoms with Gasteiger partial charge in [0.05, 0.1) is 26.3 Å². The van der Waals surface area contributed by atoms with E-state index < -0.39 is 0 Å². The molecule has 1 heterocycles. The molecule has 25 heavy (non-hydrogen) atoms. The molecule has 0 saturated heterocycles. The van der Waals surface area contributed by atoms with Crippen molar-refractivity contribution in [2.45, 2.75) is 25.9 Å². The van der Waals surface area contributed by atoms with E-state index in [0.29, 0.717) is 13.2 Å². The molecule has 1 aromatic carbocycles. The van der Waals surface area contributed by atoms with Gasteiger partial charge in [-0.15, -0.1) is 0 Å². The first-order chi connectivity index (χ1) is 12.1. The zero-order valence-electron chi connectivity index (χ0n) is 14.7. The minimum absolute atomic E-state index is 0.153. The maximum atomic E-state index is 12.5. The Bertz CT molecular complexity index is 756. The highest BCUT2D eigenvalue weighted by atomic mass is 16.5. The number of nitrogens with zero attached hydrogens (tertiary/aromatic N) is 2. The van der Waals surface area contributed by atoms with E-state index in [1.54, 1.807) is 14.2 Å². The molecule has 1 amide bonds. The fourth-order valence-electron chi connectivity index (χ4n) is 2.40. The molecule has 0 aliphatic carbocycles. The van der Waals surface area contributed by atoms with E-state index in [9.17, 15) is 9.59 Å². The maximum absolute atomic E-state index is 12.5. The van der Waals surface area contributed by atoms with Crippen LogP contribution in [0.4, 0.5) is 0 Å². The maximum Gasteiger partial charge on any atom is 0.272 e. The number of aromatic nitrogens is 2. The Hall–Kier alpha value is -2.67. The highest BCUT2D eigenvalue weighted by Gasteiger charge is 2.16. The highest BCUT2D eigenvalue weighted by molar-refractivity contribution is 5.92. The van der Waals surface area contributed by atoms with Crippen LogP contribution in [0.2, 0.25) is 0 Å². The summed E-state index contributed by atoms with van der Waals surface area (Å²) in [6.07, 6.45) is 0.724. The second-order valence-corrected chi connectivity index (χ2v) is 5.48. The summed E-state index contributed by atoms with van der Waals surface area (Å²) in [6, 6.07) is 10.2. The standard InChI is InChI=1S/C18H23N3O4/c1-4-15(13-5-7-14(25-3)8-6-13)19-18(23)16-9-10-17(22)21(20-16)11-12-24-2/h5-10,15H,4,11-12H2,1-3H3,(H,19,23). The van der Waals surface area contributed by atoms with Crippen molar-refractivity contribution in [2.24, 2.45) is 0 Å². The van der Waals surface area contributed by atoms with E-state index in [1.807, 2.05) is 31.2 Å². The van der Waals surface area contributed by atoms with Gasteiger partial charge in [0.2, 0.25) is 0 Å². The molecule has 1 atom stereocenters. The van der Waals surface area contributed by atoms with E-state index in [4.69, 9.17) is 9.47 Å². The third-order valence-electron chi connectivity index (χ3n) is 3.84. The topological polar surface area (TPSA) is 82.5 Å². The van der Waals surface area contributed by atoms with Gasteiger partial charge in [-0.05, 0) is 30.2 Å². The van der Waals surface area contributed by atoms with Crippen LogP contribution < -0.4 is 15.6 Å². The summed E-state index contributed by atoms with van der Waals surface area (Å²) in [4.78, 5) is 24.3. The molecule has 0 saturated carbocycles. The Morgan fingerprint density at radius 2 is 1.92 bits per heavy atom. The molecule has 0 radical (unpaired) electrons. The van der Waals surface area contributed by atoms with Gasteiger partial charge in [-0.1, -0.05) is 19.1 Å². The number of hydrogen-bond donors (Lipinski definition) is 1. The predicted molar refractivity (Wildman–Crippen MR) is 93.9 cm³/mol. The van der Waals surface area contributed by atoms with Crippen LogP contribution in [0, 0.1) is 0 Å². The lowest BCUT2D eigenvalue weighted by molar-refractivity contribution is 0.0927. The van der Waals surface area contributed by atoms with Crippen LogP contribution >= 0.6 is 0 Å². The van der Waals surface area contributed by atoms with E-state index in [0.717, 1.165) is 17.7 Å². The lowest BCUT2D eigenvalue weighted by Crippen LogP contribution is -2.32. The number of methoxy groups -OCH3 is 2. The van der Waals surface area contributed by atoms with Gasteiger partial charge < -0.3 is 14.8 Å². The fraction of sp³-hybridized carbons (Fsp3) is 0.389. The van der Waals surface area contributed by atoms with Crippen LogP contribution in [0.3, 0.4) is 0 Å². The van der Waals surface area contributed by atoms with Gasteiger partial charge in [0.15, 0.2) is 0 Å². The molecule has 1 unspecified atom stereocenters. The predicted octanol–water partition coefficient (Wildman–Crippen LogP) is 1.78. The summed E-state index contributed by atoms with van der Waals surface area (Å²) in [5, 5.41) is 7.06. The fourth-order valence-corrected chi connectivity index (χ4v) is 2.40. The first kappa shape index (κ1) is 18.7. The molecule has 0 fully saturated rings. The summed E-state index contributed by atoms with van der Waals surface area (Å²) in [6.45, 7) is 2.63. The molecule has 7 nitrogen and oxygen atoms in total. The highest BCUT2D eigenvalue weighted by Crippen LogP contribution is 2.20. The summed E-state index contributed by atoms with van der Waals surface area (Å²) >= 11 is 0. The second-order valence-electron chi connectivity index (χ2n) is 5.48. The molecule has 134 valence electrons. The third-order valence-corrected chi connectivity index (χ3v) is 3.84. The van der Waals surface area contributed by atoms with Crippen molar-refractivity contribution < 1.29 is 14.3 Å². The number of hydrogen-bond acceptors (Lipinski definition) is 5. The smallest absolute Gasteiger partial charge is 0.272 e. The van der Waals surface area contributed by atoms with E-state index >= 15 is 0 Å². The molecular weight excluding hydrogens is 322 g/mol. The number of carbonyl (C=O) groups is 1. The Balaban J connectivity index is 2.14. The molecule has 7 heteroatoms. The summed E-state index contributed by atoms with van der Waals surface area (Å²) in [5.41, 5.74) is 0.905. The summed E-state index contributed by atoms with van der Waals surface area (Å²) < 4.78 is 11.3. The quantitative estimate of drug-likeness (QED) is 0.788. The Morgan fingerprint density at radius 3 is 2.52 bits per heavy atom. The Labute approximate surface area is 146 Å². The Kier molecular flexibility index (Phi) is 6.71. The molecular formula is C18H23N3O4. The van der Waals surface area contributed by atoms with Crippen LogP contribution in [0.15, 0.2) is 41.2 Å². The van der Waals surface area contributed by atoms with Crippen LogP contribution in [0.25, 0.3) is 0 Å². The van der Waals surface area contributed by atoms with Gasteiger partial charge in [-0.2, -0.15) is 5.10 Å². The van der Waals surface area contributed by atoms with Crippen molar-refractivity contribution in [3.8, 4) is 5.75 Å². The van der Waals surface area contributed by atoms with E-state index in [2.05, 4.69) is 10.4 Å². The number of nitrogens with one attached hydrogen (secondary N) is 1. The van der Waals surface area contributed by atoms with Gasteiger partial charge in [0.25, 0.3) is 11.5 Å². The molecule has 0 aliphatic heterocycles. The number of carbonyl (C=O) groups excluding carboxylic acids is 1. The minimum atomic E-state index is -0.325. The second kappa shape index (κ2) is 8.98. The molecule has 1 aromatic heterocycles. The van der Waals surface area contributed by atoms with Gasteiger partial charge in [0.1, 0.15) is 11.4 Å². The third kappa shape index (κ3) is 4.90. The zero-order chi connectivity index (χ0) is 18.2. The molecule has 2 rings (SSSR count). The number of amides is 1. The van der Waals surface area contributed by atoms with Crippen LogP contribution in [-0.2, 0) is 11.3 Å². The first-order valence-electron chi connectivity index (χ1n) is 8.11. The normalized spacial score (nSPS) is 11.8. The number of rotatable bonds is 8. The van der Waals surface area contributed by atoms with Crippen molar-refractivity contribution in [1.29, 1.82) is 0 Å². The Morgan fingerprint density at radius 1 is 1.20 bits per heavy atom. The van der Waals surface area contributed by atoms with Crippen LogP contribution in [-0.4, -0.2) is 36.5 Å². The molecule has 0 aliphatic rings. The van der Waals surface area contributed by atoms with Crippen molar-refractivity contribution >= 4 is 5.91 Å². The average Bonchev–Trinajstić information content (AvgIpc) is 2.65. The molecule has 2 aromatic rings. The first-order valence-corrected chi connectivity index (χ1v) is 8.11. The SMILES string of the molecule is CCC(NC(=O)c1ccc(=O)n(CCOC)n1)c1ccc(OC)cc1. The lowest BCUT2D eigenvalue weighted by Gasteiger charge is -2.18. The van der Waals surface area contributed by atoms with Crippen LogP contribution in [0.5, 0.6) is 5.75 Å². The van der Waals surface area contributed by atoms with Crippen LogP contribution in [0.1, 0.15) is 35.4 Å². The monoisotopic (exact) mass is 345 g/mol. The average molecular weight is 345 g/mol. The van der Waals surface area contributed by atoms with Crippen molar-refractivity contribution in [3.05, 3.63) is 58.0 Å². The van der Waals surface area contributed by atoms with Crippen molar-refractivity contribution in [3.63, 3.8) is 0 Å². The molecule has 0 bridgehead atoms. The van der Waals surface area contributed by atoms with E-state index in [-0.39, 0.29) is 23.2 Å². The van der Waals surface area contributed by atoms with Gasteiger partial charge in [-0.3, -0.25) is 9.59 Å². The summed E-state index contributed by atoms with van der Waals surface area (Å²) in [7, 11) is 3.15. The van der Waals surface area contributed by atoms with Gasteiger partial charge >= 0.3 is 0 Å². The van der Waals surface area contributed by atoms with Crippen molar-refractivity contribution in [1.82, 2.24) is 15.1 Å². The largest absolute Gasteiger partial charge is 0.497 e. The van der Waals surface area contributed by atoms with Gasteiger partial charge in [-0.25, -0.2) is 4.68 Å². The molecule has 1 N–H and O–H groups in total. The van der Waals surface area contributed by atoms with Crippen molar-refractivity contribution in [2.75, 3.05) is 20.8 Å². The van der Waals surface area contributed by atoms with E-state index in [1.165, 1.54) is 16.8 Å². The number of benzene rings is 1. The minimum Gasteiger partial charge on any atom is -0.497 e.